The molecule has 0 saturated heterocycles. The first kappa shape index (κ1) is 34.2. The van der Waals surface area contributed by atoms with Crippen LogP contribution in [-0.4, -0.2) is 35.9 Å². The Hall–Kier alpha value is -3.28. The van der Waals surface area contributed by atoms with Crippen molar-refractivity contribution in [3.05, 3.63) is 157 Å². The van der Waals surface area contributed by atoms with Gasteiger partial charge in [-0.05, 0) is 61.0 Å². The van der Waals surface area contributed by atoms with Gasteiger partial charge in [0.05, 0.1) is 12.2 Å². The van der Waals surface area contributed by atoms with Gasteiger partial charge >= 0.3 is 15.4 Å². The standard InChI is InChI=1S/2C12H12O2P.C11H16O2/c2*13-15(14,11-7-3-1-4-8-11)12-9-5-2-6-10-12;1-8(9(2)12)11(13)10-6-4-3-5-7-10/h2*1-10,13-14H;3-9,11-13H,1-2H3/q2*+1;. The summed E-state index contributed by atoms with van der Waals surface area (Å²) in [4.78, 5) is 40.5. The zero-order valence-corrected chi connectivity index (χ0v) is 26.0. The highest BCUT2D eigenvalue weighted by Crippen LogP contribution is 2.47. The Labute approximate surface area is 255 Å². The fourth-order valence-corrected chi connectivity index (χ4v) is 7.01. The van der Waals surface area contributed by atoms with E-state index in [-0.39, 0.29) is 5.92 Å². The molecule has 0 bridgehead atoms. The summed E-state index contributed by atoms with van der Waals surface area (Å²) in [7, 11) is -6.29. The summed E-state index contributed by atoms with van der Waals surface area (Å²) in [6.07, 6.45) is -1.07. The average Bonchev–Trinajstić information content (AvgIpc) is 3.06. The molecule has 5 aromatic rings. The second kappa shape index (κ2) is 16.5. The first-order chi connectivity index (χ1) is 20.5. The van der Waals surface area contributed by atoms with E-state index in [1.807, 2.05) is 61.5 Å². The van der Waals surface area contributed by atoms with E-state index >= 15 is 0 Å². The lowest BCUT2D eigenvalue weighted by atomic mass is 9.93. The zero-order chi connectivity index (χ0) is 31.3. The maximum absolute atomic E-state index is 10.1. The predicted molar refractivity (Wildman–Crippen MR) is 179 cm³/mol. The molecular weight excluding hydrogens is 578 g/mol. The van der Waals surface area contributed by atoms with Crippen molar-refractivity contribution >= 4 is 36.7 Å². The van der Waals surface area contributed by atoms with Crippen molar-refractivity contribution in [1.29, 1.82) is 0 Å². The summed E-state index contributed by atoms with van der Waals surface area (Å²) in [5.74, 6) is -0.137. The van der Waals surface area contributed by atoms with Crippen molar-refractivity contribution in [2.45, 2.75) is 26.1 Å². The van der Waals surface area contributed by atoms with Crippen LogP contribution in [0.15, 0.2) is 152 Å². The first-order valence-corrected chi connectivity index (χ1v) is 17.3. The summed E-state index contributed by atoms with van der Waals surface area (Å²) >= 11 is 0. The van der Waals surface area contributed by atoms with E-state index < -0.39 is 27.6 Å². The van der Waals surface area contributed by atoms with Gasteiger partial charge in [-0.3, -0.25) is 0 Å². The fourth-order valence-electron chi connectivity index (χ4n) is 4.06. The minimum atomic E-state index is -3.15. The third-order valence-electron chi connectivity index (χ3n) is 6.86. The maximum Gasteiger partial charge on any atom is 0.333 e. The molecular formula is C35H40O6P2+2. The fraction of sp³-hybridized carbons (Fsp3) is 0.143. The summed E-state index contributed by atoms with van der Waals surface area (Å²) in [6, 6.07) is 45.2. The molecule has 0 amide bonds. The molecule has 0 saturated carbocycles. The lowest BCUT2D eigenvalue weighted by Crippen LogP contribution is -2.20. The van der Waals surface area contributed by atoms with Gasteiger partial charge in [0.25, 0.3) is 0 Å². The summed E-state index contributed by atoms with van der Waals surface area (Å²) in [5, 5.41) is 21.4. The number of hydrogen-bond acceptors (Lipinski definition) is 6. The largest absolute Gasteiger partial charge is 0.393 e. The topological polar surface area (TPSA) is 121 Å². The molecule has 3 unspecified atom stereocenters. The summed E-state index contributed by atoms with van der Waals surface area (Å²) in [5.41, 5.74) is 0.857. The highest BCUT2D eigenvalue weighted by Gasteiger charge is 2.40. The number of rotatable bonds is 7. The van der Waals surface area contributed by atoms with E-state index in [1.54, 1.807) is 104 Å². The van der Waals surface area contributed by atoms with E-state index in [4.69, 9.17) is 0 Å². The van der Waals surface area contributed by atoms with E-state index in [2.05, 4.69) is 0 Å². The van der Waals surface area contributed by atoms with Gasteiger partial charge in [0.1, 0.15) is 0 Å². The van der Waals surface area contributed by atoms with Crippen LogP contribution in [0, 0.1) is 5.92 Å². The Morgan fingerprint density at radius 1 is 0.395 bits per heavy atom. The van der Waals surface area contributed by atoms with Crippen molar-refractivity contribution < 1.29 is 29.8 Å². The quantitative estimate of drug-likeness (QED) is 0.148. The lowest BCUT2D eigenvalue weighted by molar-refractivity contribution is 0.0307. The Bertz CT molecular complexity index is 1280. The summed E-state index contributed by atoms with van der Waals surface area (Å²) < 4.78 is 0. The van der Waals surface area contributed by atoms with Crippen molar-refractivity contribution in [3.63, 3.8) is 0 Å². The van der Waals surface area contributed by atoms with Crippen LogP contribution in [0.25, 0.3) is 0 Å². The molecule has 0 fully saturated rings. The number of aliphatic hydroxyl groups excluding tert-OH is 2. The van der Waals surface area contributed by atoms with Gasteiger partial charge in [0, 0.05) is 5.92 Å². The Morgan fingerprint density at radius 2 is 0.628 bits per heavy atom. The molecule has 6 nitrogen and oxygen atoms in total. The molecule has 3 atom stereocenters. The van der Waals surface area contributed by atoms with Gasteiger partial charge in [0.15, 0.2) is 21.2 Å². The molecule has 0 aliphatic carbocycles. The zero-order valence-electron chi connectivity index (χ0n) is 24.2. The van der Waals surface area contributed by atoms with Crippen molar-refractivity contribution in [2.75, 3.05) is 0 Å². The van der Waals surface area contributed by atoms with Gasteiger partial charge in [0.2, 0.25) is 0 Å². The number of hydrogen-bond donors (Lipinski definition) is 6. The second-order valence-corrected chi connectivity index (χ2v) is 14.5. The van der Waals surface area contributed by atoms with Crippen LogP contribution in [0.2, 0.25) is 0 Å². The minimum absolute atomic E-state index is 0.137. The van der Waals surface area contributed by atoms with Crippen LogP contribution < -0.4 is 21.2 Å². The Balaban J connectivity index is 0.000000177. The van der Waals surface area contributed by atoms with Crippen LogP contribution in [0.5, 0.6) is 0 Å². The lowest BCUT2D eigenvalue weighted by Gasteiger charge is -2.21. The van der Waals surface area contributed by atoms with Gasteiger partial charge in [-0.25, -0.2) is 19.6 Å². The van der Waals surface area contributed by atoms with E-state index in [0.29, 0.717) is 21.2 Å². The molecule has 0 aliphatic rings. The molecule has 8 heteroatoms. The molecule has 6 N–H and O–H groups in total. The highest BCUT2D eigenvalue weighted by atomic mass is 31.2. The Morgan fingerprint density at radius 3 is 0.860 bits per heavy atom. The third-order valence-corrected chi connectivity index (χ3v) is 10.9. The molecule has 0 heterocycles. The molecule has 0 aliphatic heterocycles. The van der Waals surface area contributed by atoms with Crippen molar-refractivity contribution in [1.82, 2.24) is 0 Å². The van der Waals surface area contributed by atoms with Crippen molar-refractivity contribution in [3.8, 4) is 0 Å². The summed E-state index contributed by atoms with van der Waals surface area (Å²) in [6.45, 7) is 3.53. The van der Waals surface area contributed by atoms with Crippen molar-refractivity contribution in [2.24, 2.45) is 5.92 Å². The number of benzene rings is 5. The van der Waals surface area contributed by atoms with Crippen LogP contribution in [0.3, 0.4) is 0 Å². The van der Waals surface area contributed by atoms with Gasteiger partial charge in [-0.15, -0.1) is 0 Å². The molecule has 224 valence electrons. The van der Waals surface area contributed by atoms with Crippen LogP contribution in [-0.2, 0) is 0 Å². The molecule has 0 spiro atoms. The maximum atomic E-state index is 10.1. The van der Waals surface area contributed by atoms with E-state index in [0.717, 1.165) is 5.56 Å². The van der Waals surface area contributed by atoms with Gasteiger partial charge in [-0.2, -0.15) is 0 Å². The van der Waals surface area contributed by atoms with Crippen LogP contribution >= 0.6 is 15.4 Å². The number of aliphatic hydroxyl groups is 2. The molecule has 0 radical (unpaired) electrons. The first-order valence-electron chi connectivity index (χ1n) is 13.9. The third kappa shape index (κ3) is 9.87. The molecule has 5 aromatic carbocycles. The monoisotopic (exact) mass is 618 g/mol. The van der Waals surface area contributed by atoms with E-state index in [9.17, 15) is 29.8 Å². The molecule has 43 heavy (non-hydrogen) atoms. The van der Waals surface area contributed by atoms with Crippen LogP contribution in [0.1, 0.15) is 25.5 Å². The van der Waals surface area contributed by atoms with Gasteiger partial charge in [-0.1, -0.05) is 110 Å². The molecule has 0 aromatic heterocycles. The minimum Gasteiger partial charge on any atom is -0.393 e. The second-order valence-electron chi connectivity index (χ2n) is 10.00. The van der Waals surface area contributed by atoms with E-state index in [1.165, 1.54) is 0 Å². The Kier molecular flexibility index (Phi) is 13.2. The smallest absolute Gasteiger partial charge is 0.333 e. The highest BCUT2D eigenvalue weighted by molar-refractivity contribution is 7.79. The SMILES string of the molecule is CC(O)C(C)C(O)c1ccccc1.O[P+](O)(c1ccccc1)c1ccccc1.O[P+](O)(c1ccccc1)c1ccccc1. The van der Waals surface area contributed by atoms with Crippen LogP contribution in [0.4, 0.5) is 0 Å². The normalized spacial score (nSPS) is 13.3. The average molecular weight is 619 g/mol. The predicted octanol–water partition coefficient (Wildman–Crippen LogP) is 4.68. The molecule has 5 rings (SSSR count). The van der Waals surface area contributed by atoms with Gasteiger partial charge < -0.3 is 10.2 Å².